The number of benzene rings is 1. The van der Waals surface area contributed by atoms with Crippen molar-refractivity contribution in [3.05, 3.63) is 65.5 Å². The molecule has 0 spiro atoms. The second kappa shape index (κ2) is 7.04. The van der Waals surface area contributed by atoms with Crippen LogP contribution in [0.15, 0.2) is 53.7 Å². The van der Waals surface area contributed by atoms with E-state index in [2.05, 4.69) is 9.98 Å². The van der Waals surface area contributed by atoms with Crippen LogP contribution in [-0.4, -0.2) is 23.4 Å². The molecule has 0 atom stereocenters. The molecule has 7 heteroatoms. The smallest absolute Gasteiger partial charge is 0.417 e. The molecule has 0 fully saturated rings. The molecule has 0 saturated carbocycles. The molecule has 1 amide bonds. The van der Waals surface area contributed by atoms with Crippen molar-refractivity contribution in [2.75, 3.05) is 6.61 Å². The number of hydrogen-bond acceptors (Lipinski definition) is 3. The molecule has 23 heavy (non-hydrogen) atoms. The molecular formula is C16H13F3N2O2. The van der Waals surface area contributed by atoms with E-state index in [-0.39, 0.29) is 18.2 Å². The number of alkyl halides is 3. The summed E-state index contributed by atoms with van der Waals surface area (Å²) in [6.45, 7) is 1.87. The third-order valence-electron chi connectivity index (χ3n) is 2.83. The van der Waals surface area contributed by atoms with Gasteiger partial charge in [-0.25, -0.2) is 0 Å². The standard InChI is InChI=1S/C16H13F3N2O2/c1-2-23-15(13-9-5-6-10-20-13)21-14(22)11-7-3-4-8-12(11)16(17,18)19/h3-10H,2H2,1H3. The maximum Gasteiger partial charge on any atom is 0.417 e. The first-order valence-electron chi connectivity index (χ1n) is 6.77. The van der Waals surface area contributed by atoms with Gasteiger partial charge in [0.2, 0.25) is 5.90 Å². The van der Waals surface area contributed by atoms with Gasteiger partial charge in [0.25, 0.3) is 5.91 Å². The topological polar surface area (TPSA) is 51.5 Å². The molecule has 0 saturated heterocycles. The lowest BCUT2D eigenvalue weighted by atomic mass is 10.1. The summed E-state index contributed by atoms with van der Waals surface area (Å²) < 4.78 is 44.1. The van der Waals surface area contributed by atoms with E-state index in [4.69, 9.17) is 4.74 Å². The Labute approximate surface area is 130 Å². The summed E-state index contributed by atoms with van der Waals surface area (Å²) in [7, 11) is 0. The van der Waals surface area contributed by atoms with Gasteiger partial charge in [0.05, 0.1) is 17.7 Å². The Balaban J connectivity index is 2.43. The number of halogens is 3. The fourth-order valence-electron chi connectivity index (χ4n) is 1.86. The van der Waals surface area contributed by atoms with Crippen LogP contribution in [0.25, 0.3) is 0 Å². The summed E-state index contributed by atoms with van der Waals surface area (Å²) in [4.78, 5) is 19.8. The molecule has 1 aromatic heterocycles. The number of aromatic nitrogens is 1. The molecule has 0 aliphatic heterocycles. The van der Waals surface area contributed by atoms with E-state index < -0.39 is 23.2 Å². The van der Waals surface area contributed by atoms with Gasteiger partial charge in [-0.2, -0.15) is 18.2 Å². The van der Waals surface area contributed by atoms with E-state index in [9.17, 15) is 18.0 Å². The minimum atomic E-state index is -4.64. The molecule has 0 radical (unpaired) electrons. The fraction of sp³-hybridized carbons (Fsp3) is 0.188. The molecule has 120 valence electrons. The van der Waals surface area contributed by atoms with Crippen molar-refractivity contribution in [1.82, 2.24) is 4.98 Å². The van der Waals surface area contributed by atoms with E-state index in [1.165, 1.54) is 18.3 Å². The van der Waals surface area contributed by atoms with E-state index in [0.717, 1.165) is 12.1 Å². The predicted molar refractivity (Wildman–Crippen MR) is 78.2 cm³/mol. The van der Waals surface area contributed by atoms with Gasteiger partial charge in [-0.05, 0) is 31.2 Å². The number of carbonyl (C=O) groups excluding carboxylic acids is 1. The number of aliphatic imine (C=N–C) groups is 1. The summed E-state index contributed by atoms with van der Waals surface area (Å²) in [5, 5.41) is 0. The molecule has 1 aromatic carbocycles. The van der Waals surface area contributed by atoms with Gasteiger partial charge in [-0.1, -0.05) is 18.2 Å². The normalized spacial score (nSPS) is 12.1. The number of nitrogens with zero attached hydrogens (tertiary/aromatic N) is 2. The highest BCUT2D eigenvalue weighted by molar-refractivity contribution is 6.07. The third kappa shape index (κ3) is 4.15. The molecule has 0 N–H and O–H groups in total. The van der Waals surface area contributed by atoms with Crippen molar-refractivity contribution in [3.8, 4) is 0 Å². The quantitative estimate of drug-likeness (QED) is 0.639. The van der Waals surface area contributed by atoms with Crippen LogP contribution in [0, 0.1) is 0 Å². The highest BCUT2D eigenvalue weighted by Crippen LogP contribution is 2.32. The van der Waals surface area contributed by atoms with Crippen LogP contribution < -0.4 is 0 Å². The fourth-order valence-corrected chi connectivity index (χ4v) is 1.86. The second-order valence-corrected chi connectivity index (χ2v) is 4.41. The average Bonchev–Trinajstić information content (AvgIpc) is 2.54. The van der Waals surface area contributed by atoms with Crippen molar-refractivity contribution in [2.45, 2.75) is 13.1 Å². The van der Waals surface area contributed by atoms with E-state index in [1.807, 2.05) is 0 Å². The minimum absolute atomic E-state index is 0.116. The zero-order chi connectivity index (χ0) is 16.9. The predicted octanol–water partition coefficient (Wildman–Crippen LogP) is 3.72. The molecule has 0 unspecified atom stereocenters. The van der Waals surface area contributed by atoms with Gasteiger partial charge in [0, 0.05) is 6.20 Å². The van der Waals surface area contributed by atoms with Crippen LogP contribution in [-0.2, 0) is 10.9 Å². The zero-order valence-corrected chi connectivity index (χ0v) is 12.2. The summed E-state index contributed by atoms with van der Waals surface area (Å²) >= 11 is 0. The Hall–Kier alpha value is -2.70. The van der Waals surface area contributed by atoms with Crippen molar-refractivity contribution in [2.24, 2.45) is 4.99 Å². The Kier molecular flexibility index (Phi) is 5.10. The first-order valence-corrected chi connectivity index (χ1v) is 6.77. The number of hydrogen-bond donors (Lipinski definition) is 0. The zero-order valence-electron chi connectivity index (χ0n) is 12.2. The molecule has 0 aliphatic carbocycles. The largest absolute Gasteiger partial charge is 0.476 e. The Bertz CT molecular complexity index is 713. The second-order valence-electron chi connectivity index (χ2n) is 4.41. The highest BCUT2D eigenvalue weighted by Gasteiger charge is 2.35. The monoisotopic (exact) mass is 322 g/mol. The van der Waals surface area contributed by atoms with Gasteiger partial charge in [-0.15, -0.1) is 0 Å². The first kappa shape index (κ1) is 16.7. The lowest BCUT2D eigenvalue weighted by molar-refractivity contribution is -0.137. The maximum absolute atomic E-state index is 13.0. The molecule has 2 rings (SSSR count). The Morgan fingerprint density at radius 2 is 1.87 bits per heavy atom. The summed E-state index contributed by atoms with van der Waals surface area (Å²) in [5.41, 5.74) is -1.30. The molecule has 0 aliphatic rings. The van der Waals surface area contributed by atoms with E-state index in [1.54, 1.807) is 25.1 Å². The van der Waals surface area contributed by atoms with Gasteiger partial charge in [0.15, 0.2) is 0 Å². The summed E-state index contributed by atoms with van der Waals surface area (Å²) in [6.07, 6.45) is -3.17. The molecular weight excluding hydrogens is 309 g/mol. The third-order valence-corrected chi connectivity index (χ3v) is 2.83. The number of carbonyl (C=O) groups is 1. The van der Waals surface area contributed by atoms with Crippen LogP contribution in [0.4, 0.5) is 13.2 Å². The van der Waals surface area contributed by atoms with Gasteiger partial charge in [-0.3, -0.25) is 9.78 Å². The maximum atomic E-state index is 13.0. The molecule has 4 nitrogen and oxygen atoms in total. The van der Waals surface area contributed by atoms with Crippen molar-refractivity contribution < 1.29 is 22.7 Å². The van der Waals surface area contributed by atoms with Crippen LogP contribution in [0.3, 0.4) is 0 Å². The summed E-state index contributed by atoms with van der Waals surface area (Å²) in [5.74, 6) is -1.15. The first-order chi connectivity index (χ1) is 10.9. The van der Waals surface area contributed by atoms with Crippen LogP contribution in [0.5, 0.6) is 0 Å². The number of pyridine rings is 1. The Morgan fingerprint density at radius 1 is 1.17 bits per heavy atom. The van der Waals surface area contributed by atoms with Crippen LogP contribution in [0.2, 0.25) is 0 Å². The average molecular weight is 322 g/mol. The number of rotatable bonds is 3. The van der Waals surface area contributed by atoms with Crippen LogP contribution in [0.1, 0.15) is 28.5 Å². The molecule has 1 heterocycles. The van der Waals surface area contributed by atoms with Crippen molar-refractivity contribution in [1.29, 1.82) is 0 Å². The Morgan fingerprint density at radius 3 is 2.48 bits per heavy atom. The molecule has 0 bridgehead atoms. The van der Waals surface area contributed by atoms with E-state index >= 15 is 0 Å². The highest BCUT2D eigenvalue weighted by atomic mass is 19.4. The lowest BCUT2D eigenvalue weighted by Gasteiger charge is -2.11. The van der Waals surface area contributed by atoms with Gasteiger partial charge in [0.1, 0.15) is 5.69 Å². The van der Waals surface area contributed by atoms with E-state index in [0.29, 0.717) is 0 Å². The van der Waals surface area contributed by atoms with Crippen LogP contribution >= 0.6 is 0 Å². The van der Waals surface area contributed by atoms with Gasteiger partial charge < -0.3 is 4.74 Å². The summed E-state index contributed by atoms with van der Waals surface area (Å²) in [6, 6.07) is 9.35. The molecule has 2 aromatic rings. The number of ether oxygens (including phenoxy) is 1. The SMILES string of the molecule is CCOC(=NC(=O)c1ccccc1C(F)(F)F)c1ccccn1. The minimum Gasteiger partial charge on any atom is -0.476 e. The lowest BCUT2D eigenvalue weighted by Crippen LogP contribution is -2.15. The van der Waals surface area contributed by atoms with Crippen molar-refractivity contribution in [3.63, 3.8) is 0 Å². The van der Waals surface area contributed by atoms with Gasteiger partial charge >= 0.3 is 6.18 Å². The van der Waals surface area contributed by atoms with Crippen molar-refractivity contribution >= 4 is 11.8 Å². The number of amides is 1.